The maximum Gasteiger partial charge on any atom is 0.197 e. The van der Waals surface area contributed by atoms with E-state index in [1.807, 2.05) is 19.9 Å². The minimum absolute atomic E-state index is 0.149. The highest BCUT2D eigenvalue weighted by atomic mass is 32.1. The molecule has 102 valence electrons. The van der Waals surface area contributed by atoms with E-state index >= 15 is 0 Å². The fraction of sp³-hybridized carbons (Fsp3) is 0.500. The Bertz CT molecular complexity index is 555. The van der Waals surface area contributed by atoms with Crippen LogP contribution in [0.5, 0.6) is 11.5 Å². The molecule has 5 heteroatoms. The molecule has 3 nitrogen and oxygen atoms in total. The van der Waals surface area contributed by atoms with Crippen LogP contribution in [-0.2, 0) is 5.54 Å². The first-order valence-corrected chi connectivity index (χ1v) is 6.99. The molecule has 1 aromatic rings. The molecule has 0 bridgehead atoms. The van der Waals surface area contributed by atoms with E-state index in [1.165, 1.54) is 0 Å². The number of hydrogen-bond acceptors (Lipinski definition) is 3. The monoisotopic (exact) mass is 281 g/mol. The second-order valence-corrected chi connectivity index (χ2v) is 5.25. The molecule has 1 aliphatic heterocycles. The Kier molecular flexibility index (Phi) is 2.89. The third-order valence-corrected chi connectivity index (χ3v) is 3.93. The smallest absolute Gasteiger partial charge is 0.197 e. The van der Waals surface area contributed by atoms with Crippen LogP contribution in [0.1, 0.15) is 37.8 Å². The molecule has 0 unspecified atom stereocenters. The van der Waals surface area contributed by atoms with Crippen molar-refractivity contribution in [2.45, 2.75) is 32.2 Å². The zero-order chi connectivity index (χ0) is 13.6. The van der Waals surface area contributed by atoms with Crippen molar-refractivity contribution >= 4 is 17.2 Å². The molecule has 0 amide bonds. The number of fused-ring (bicyclic) bond motifs is 2. The lowest BCUT2D eigenvalue weighted by atomic mass is 10.0. The lowest BCUT2D eigenvalue weighted by Crippen LogP contribution is -2.24. The summed E-state index contributed by atoms with van der Waals surface area (Å²) >= 11 is 5.25. The fourth-order valence-corrected chi connectivity index (χ4v) is 3.01. The average molecular weight is 281 g/mol. The molecule has 1 saturated carbocycles. The Morgan fingerprint density at radius 1 is 1.32 bits per heavy atom. The Morgan fingerprint density at radius 3 is 2.58 bits per heavy atom. The van der Waals surface area contributed by atoms with Crippen molar-refractivity contribution in [3.05, 3.63) is 23.0 Å². The molecule has 1 fully saturated rings. The summed E-state index contributed by atoms with van der Waals surface area (Å²) in [5.74, 6) is 0.243. The van der Waals surface area contributed by atoms with Crippen molar-refractivity contribution in [1.29, 1.82) is 0 Å². The first-order chi connectivity index (χ1) is 9.13. The minimum Gasteiger partial charge on any atom is -0.490 e. The summed E-state index contributed by atoms with van der Waals surface area (Å²) in [7, 11) is 0. The second kappa shape index (κ2) is 4.34. The van der Waals surface area contributed by atoms with Gasteiger partial charge in [0.2, 0.25) is 0 Å². The largest absolute Gasteiger partial charge is 0.490 e. The summed E-state index contributed by atoms with van der Waals surface area (Å²) in [6.07, 6.45) is 1.97. The predicted octanol–water partition coefficient (Wildman–Crippen LogP) is 2.89. The lowest BCUT2D eigenvalue weighted by Gasteiger charge is -2.15. The van der Waals surface area contributed by atoms with Crippen molar-refractivity contribution in [3.63, 3.8) is 0 Å². The zero-order valence-corrected chi connectivity index (χ0v) is 11.8. The SMILES string of the molecule is CCOc1cc2c(c(F)c1OCC)C(=S)NC21CC1. The van der Waals surface area contributed by atoms with E-state index in [2.05, 4.69) is 5.32 Å². The van der Waals surface area contributed by atoms with Gasteiger partial charge < -0.3 is 14.8 Å². The fourth-order valence-electron chi connectivity index (χ4n) is 2.62. The van der Waals surface area contributed by atoms with Crippen LogP contribution >= 0.6 is 12.2 Å². The Balaban J connectivity index is 2.17. The van der Waals surface area contributed by atoms with E-state index in [1.54, 1.807) is 0 Å². The quantitative estimate of drug-likeness (QED) is 0.860. The summed E-state index contributed by atoms with van der Waals surface area (Å²) in [6, 6.07) is 1.88. The van der Waals surface area contributed by atoms with Crippen LogP contribution in [0.15, 0.2) is 6.07 Å². The summed E-state index contributed by atoms with van der Waals surface area (Å²) in [6.45, 7) is 4.56. The van der Waals surface area contributed by atoms with Gasteiger partial charge >= 0.3 is 0 Å². The number of thiocarbonyl (C=S) groups is 1. The Hall–Kier alpha value is -1.36. The van der Waals surface area contributed by atoms with Gasteiger partial charge in [-0.1, -0.05) is 12.2 Å². The van der Waals surface area contributed by atoms with Gasteiger partial charge in [-0.2, -0.15) is 0 Å². The van der Waals surface area contributed by atoms with E-state index in [0.717, 1.165) is 18.4 Å². The molecule has 1 aliphatic carbocycles. The highest BCUT2D eigenvalue weighted by Gasteiger charge is 2.52. The predicted molar refractivity (Wildman–Crippen MR) is 74.5 cm³/mol. The third kappa shape index (κ3) is 1.79. The molecule has 0 saturated heterocycles. The average Bonchev–Trinajstić information content (AvgIpc) is 3.07. The van der Waals surface area contributed by atoms with Crippen LogP contribution in [0.4, 0.5) is 4.39 Å². The molecule has 1 spiro atoms. The normalized spacial score (nSPS) is 18.2. The van der Waals surface area contributed by atoms with Crippen molar-refractivity contribution < 1.29 is 13.9 Å². The van der Waals surface area contributed by atoms with Crippen LogP contribution in [0, 0.1) is 5.82 Å². The number of halogens is 1. The molecule has 1 heterocycles. The summed E-state index contributed by atoms with van der Waals surface area (Å²) < 4.78 is 25.5. The van der Waals surface area contributed by atoms with Crippen LogP contribution < -0.4 is 14.8 Å². The highest BCUT2D eigenvalue weighted by molar-refractivity contribution is 7.80. The van der Waals surface area contributed by atoms with E-state index in [0.29, 0.717) is 29.5 Å². The number of nitrogens with one attached hydrogen (secondary N) is 1. The van der Waals surface area contributed by atoms with Gasteiger partial charge in [-0.3, -0.25) is 0 Å². The first-order valence-electron chi connectivity index (χ1n) is 6.58. The second-order valence-electron chi connectivity index (χ2n) is 4.84. The number of hydrogen-bond donors (Lipinski definition) is 1. The van der Waals surface area contributed by atoms with E-state index in [-0.39, 0.29) is 11.3 Å². The minimum atomic E-state index is -0.399. The topological polar surface area (TPSA) is 30.5 Å². The van der Waals surface area contributed by atoms with E-state index in [9.17, 15) is 4.39 Å². The summed E-state index contributed by atoms with van der Waals surface area (Å²) in [5, 5.41) is 3.23. The number of ether oxygens (including phenoxy) is 2. The standard InChI is InChI=1S/C14H16FNO2S/c1-3-17-9-7-8-10(11(15)12(9)18-4-2)13(19)16-14(8)5-6-14/h7H,3-6H2,1-2H3,(H,16,19). The van der Waals surface area contributed by atoms with Gasteiger partial charge in [0.25, 0.3) is 0 Å². The van der Waals surface area contributed by atoms with Crippen molar-refractivity contribution in [2.75, 3.05) is 13.2 Å². The zero-order valence-electron chi connectivity index (χ0n) is 11.0. The van der Waals surface area contributed by atoms with Crippen LogP contribution in [0.2, 0.25) is 0 Å². The van der Waals surface area contributed by atoms with Crippen LogP contribution in [0.3, 0.4) is 0 Å². The molecule has 0 aromatic heterocycles. The maximum atomic E-state index is 14.6. The third-order valence-electron chi connectivity index (χ3n) is 3.62. The van der Waals surface area contributed by atoms with Gasteiger partial charge in [0.1, 0.15) is 4.99 Å². The van der Waals surface area contributed by atoms with Crippen molar-refractivity contribution in [1.82, 2.24) is 5.32 Å². The van der Waals surface area contributed by atoms with Crippen molar-refractivity contribution in [2.24, 2.45) is 0 Å². The molecular formula is C14H16FNO2S. The molecule has 0 atom stereocenters. The maximum absolute atomic E-state index is 14.6. The van der Waals surface area contributed by atoms with Gasteiger partial charge in [-0.15, -0.1) is 0 Å². The van der Waals surface area contributed by atoms with Gasteiger partial charge in [0.15, 0.2) is 17.3 Å². The molecule has 2 aliphatic rings. The number of rotatable bonds is 4. The Morgan fingerprint density at radius 2 is 2.00 bits per heavy atom. The van der Waals surface area contributed by atoms with Gasteiger partial charge in [-0.25, -0.2) is 4.39 Å². The molecule has 1 aromatic carbocycles. The molecule has 3 rings (SSSR count). The Labute approximate surface area is 117 Å². The molecular weight excluding hydrogens is 265 g/mol. The molecule has 1 N–H and O–H groups in total. The first kappa shape index (κ1) is 12.7. The summed E-state index contributed by atoms with van der Waals surface area (Å²) in [4.78, 5) is 0.481. The summed E-state index contributed by atoms with van der Waals surface area (Å²) in [5.41, 5.74) is 1.26. The van der Waals surface area contributed by atoms with E-state index < -0.39 is 5.82 Å². The highest BCUT2D eigenvalue weighted by Crippen LogP contribution is 2.53. The molecule has 0 radical (unpaired) electrons. The van der Waals surface area contributed by atoms with Crippen LogP contribution in [0.25, 0.3) is 0 Å². The van der Waals surface area contributed by atoms with Crippen LogP contribution in [-0.4, -0.2) is 18.2 Å². The lowest BCUT2D eigenvalue weighted by molar-refractivity contribution is 0.275. The van der Waals surface area contributed by atoms with Gasteiger partial charge in [0.05, 0.1) is 24.3 Å². The van der Waals surface area contributed by atoms with Gasteiger partial charge in [-0.05, 0) is 38.3 Å². The van der Waals surface area contributed by atoms with Gasteiger partial charge in [0, 0.05) is 0 Å². The van der Waals surface area contributed by atoms with Crippen molar-refractivity contribution in [3.8, 4) is 11.5 Å². The molecule has 19 heavy (non-hydrogen) atoms. The number of benzene rings is 1. The van der Waals surface area contributed by atoms with E-state index in [4.69, 9.17) is 21.7 Å².